The van der Waals surface area contributed by atoms with Crippen molar-refractivity contribution in [3.8, 4) is 0 Å². The van der Waals surface area contributed by atoms with E-state index in [1.54, 1.807) is 11.8 Å². The number of nitrogens with one attached hydrogen (secondary N) is 1. The predicted octanol–water partition coefficient (Wildman–Crippen LogP) is 0.672. The zero-order valence-corrected chi connectivity index (χ0v) is 12.6. The second-order valence-electron chi connectivity index (χ2n) is 5.20. The average molecular weight is 299 g/mol. The highest BCUT2D eigenvalue weighted by Crippen LogP contribution is 2.17. The van der Waals surface area contributed by atoms with E-state index in [9.17, 15) is 14.4 Å². The average Bonchev–Trinajstić information content (AvgIpc) is 2.82. The van der Waals surface area contributed by atoms with Crippen LogP contribution in [0.5, 0.6) is 0 Å². The molecule has 2 fully saturated rings. The normalized spacial score (nSPS) is 20.4. The van der Waals surface area contributed by atoms with Gasteiger partial charge in [0.2, 0.25) is 11.8 Å². The van der Waals surface area contributed by atoms with Gasteiger partial charge in [-0.15, -0.1) is 0 Å². The minimum absolute atomic E-state index is 0.00373. The van der Waals surface area contributed by atoms with Gasteiger partial charge in [-0.25, -0.2) is 0 Å². The SMILES string of the molecule is CC(=O)N1CCC(NC(=O)CCN2CCSC2=O)CC1. The van der Waals surface area contributed by atoms with Gasteiger partial charge in [0.25, 0.3) is 5.24 Å². The number of piperidine rings is 1. The van der Waals surface area contributed by atoms with E-state index in [0.717, 1.165) is 25.1 Å². The number of rotatable bonds is 4. The molecule has 20 heavy (non-hydrogen) atoms. The van der Waals surface area contributed by atoms with Crippen LogP contribution in [0, 0.1) is 0 Å². The third-order valence-electron chi connectivity index (χ3n) is 3.76. The van der Waals surface area contributed by atoms with E-state index in [1.165, 1.54) is 11.8 Å². The maximum absolute atomic E-state index is 11.9. The van der Waals surface area contributed by atoms with Crippen LogP contribution < -0.4 is 5.32 Å². The molecular formula is C13H21N3O3S. The standard InChI is InChI=1S/C13H21N3O3S/c1-10(17)15-5-2-11(3-6-15)14-12(18)4-7-16-8-9-20-13(16)19/h11H,2-9H2,1H3,(H,14,18). The van der Waals surface area contributed by atoms with Gasteiger partial charge in [-0.05, 0) is 12.8 Å². The molecule has 112 valence electrons. The molecule has 3 amide bonds. The van der Waals surface area contributed by atoms with E-state index in [4.69, 9.17) is 0 Å². The molecule has 0 radical (unpaired) electrons. The van der Waals surface area contributed by atoms with E-state index in [-0.39, 0.29) is 23.1 Å². The van der Waals surface area contributed by atoms with Crippen molar-refractivity contribution < 1.29 is 14.4 Å². The first-order valence-electron chi connectivity index (χ1n) is 7.03. The Bertz CT molecular complexity index is 394. The third kappa shape index (κ3) is 4.13. The number of nitrogens with zero attached hydrogens (tertiary/aromatic N) is 2. The van der Waals surface area contributed by atoms with Crippen molar-refractivity contribution in [1.82, 2.24) is 15.1 Å². The van der Waals surface area contributed by atoms with E-state index in [2.05, 4.69) is 5.32 Å². The second-order valence-corrected chi connectivity index (χ2v) is 6.25. The lowest BCUT2D eigenvalue weighted by Crippen LogP contribution is -2.46. The van der Waals surface area contributed by atoms with Crippen molar-refractivity contribution >= 4 is 28.8 Å². The van der Waals surface area contributed by atoms with Gasteiger partial charge in [-0.3, -0.25) is 14.4 Å². The third-order valence-corrected chi connectivity index (χ3v) is 4.65. The lowest BCUT2D eigenvalue weighted by molar-refractivity contribution is -0.130. The van der Waals surface area contributed by atoms with Crippen LogP contribution in [0.3, 0.4) is 0 Å². The fourth-order valence-electron chi connectivity index (χ4n) is 2.50. The molecule has 6 nitrogen and oxygen atoms in total. The van der Waals surface area contributed by atoms with E-state index in [1.807, 2.05) is 4.90 Å². The molecule has 0 aromatic carbocycles. The van der Waals surface area contributed by atoms with Crippen LogP contribution in [0.1, 0.15) is 26.2 Å². The van der Waals surface area contributed by atoms with Crippen LogP contribution in [0.25, 0.3) is 0 Å². The van der Waals surface area contributed by atoms with Crippen molar-refractivity contribution in [1.29, 1.82) is 0 Å². The summed E-state index contributed by atoms with van der Waals surface area (Å²) in [7, 11) is 0. The quantitative estimate of drug-likeness (QED) is 0.828. The highest BCUT2D eigenvalue weighted by atomic mass is 32.2. The molecule has 2 aliphatic rings. The summed E-state index contributed by atoms with van der Waals surface area (Å²) >= 11 is 1.31. The van der Waals surface area contributed by atoms with Crippen LogP contribution in [0.4, 0.5) is 4.79 Å². The zero-order chi connectivity index (χ0) is 14.5. The van der Waals surface area contributed by atoms with E-state index in [0.29, 0.717) is 26.1 Å². The lowest BCUT2D eigenvalue weighted by atomic mass is 10.0. The van der Waals surface area contributed by atoms with Crippen molar-refractivity contribution in [3.05, 3.63) is 0 Å². The van der Waals surface area contributed by atoms with Crippen molar-refractivity contribution in [2.24, 2.45) is 0 Å². The van der Waals surface area contributed by atoms with Gasteiger partial charge in [0, 0.05) is 51.3 Å². The maximum atomic E-state index is 11.9. The second kappa shape index (κ2) is 6.97. The molecule has 2 aliphatic heterocycles. The summed E-state index contributed by atoms with van der Waals surface area (Å²) in [6.45, 7) is 4.24. The highest BCUT2D eigenvalue weighted by Gasteiger charge is 2.24. The molecule has 2 rings (SSSR count). The molecule has 0 aliphatic carbocycles. The summed E-state index contributed by atoms with van der Waals surface area (Å²) in [5.41, 5.74) is 0. The number of amides is 3. The molecule has 0 saturated carbocycles. The number of hydrogen-bond donors (Lipinski definition) is 1. The Hall–Kier alpha value is -1.24. The van der Waals surface area contributed by atoms with Crippen LogP contribution in [0.2, 0.25) is 0 Å². The van der Waals surface area contributed by atoms with Gasteiger partial charge in [-0.1, -0.05) is 11.8 Å². The molecule has 7 heteroatoms. The fraction of sp³-hybridized carbons (Fsp3) is 0.769. The molecular weight excluding hydrogens is 278 g/mol. The summed E-state index contributed by atoms with van der Waals surface area (Å²) in [6, 6.07) is 0.154. The molecule has 0 aromatic rings. The Morgan fingerprint density at radius 2 is 2.00 bits per heavy atom. The Kier molecular flexibility index (Phi) is 5.28. The summed E-state index contributed by atoms with van der Waals surface area (Å²) in [4.78, 5) is 38.0. The number of hydrogen-bond acceptors (Lipinski definition) is 4. The number of likely N-dealkylation sites (tertiary alicyclic amines) is 1. The minimum Gasteiger partial charge on any atom is -0.353 e. The van der Waals surface area contributed by atoms with Gasteiger partial charge in [-0.2, -0.15) is 0 Å². The van der Waals surface area contributed by atoms with Crippen LogP contribution >= 0.6 is 11.8 Å². The van der Waals surface area contributed by atoms with E-state index >= 15 is 0 Å². The molecule has 0 spiro atoms. The Labute approximate surface area is 123 Å². The topological polar surface area (TPSA) is 69.7 Å². The maximum Gasteiger partial charge on any atom is 0.281 e. The molecule has 0 unspecified atom stereocenters. The molecule has 0 atom stereocenters. The fourth-order valence-corrected chi connectivity index (χ4v) is 3.36. The summed E-state index contributed by atoms with van der Waals surface area (Å²) < 4.78 is 0. The molecule has 0 bridgehead atoms. The van der Waals surface area contributed by atoms with Crippen molar-refractivity contribution in [2.75, 3.05) is 31.9 Å². The Balaban J connectivity index is 1.65. The van der Waals surface area contributed by atoms with Gasteiger partial charge in [0.15, 0.2) is 0 Å². The monoisotopic (exact) mass is 299 g/mol. The number of carbonyl (C=O) groups is 3. The first-order valence-corrected chi connectivity index (χ1v) is 8.01. The molecule has 2 heterocycles. The molecule has 2 saturated heterocycles. The lowest BCUT2D eigenvalue weighted by Gasteiger charge is -2.31. The van der Waals surface area contributed by atoms with E-state index < -0.39 is 0 Å². The van der Waals surface area contributed by atoms with Gasteiger partial charge in [0.1, 0.15) is 0 Å². The van der Waals surface area contributed by atoms with Gasteiger partial charge < -0.3 is 15.1 Å². The largest absolute Gasteiger partial charge is 0.353 e. The van der Waals surface area contributed by atoms with Gasteiger partial charge in [0.05, 0.1) is 0 Å². The first-order chi connectivity index (χ1) is 9.56. The van der Waals surface area contributed by atoms with Crippen LogP contribution in [-0.2, 0) is 9.59 Å². The smallest absolute Gasteiger partial charge is 0.281 e. The van der Waals surface area contributed by atoms with Crippen molar-refractivity contribution in [2.45, 2.75) is 32.2 Å². The minimum atomic E-state index is -0.00373. The van der Waals surface area contributed by atoms with Gasteiger partial charge >= 0.3 is 0 Å². The van der Waals surface area contributed by atoms with Crippen molar-refractivity contribution in [3.63, 3.8) is 0 Å². The van der Waals surface area contributed by atoms with Crippen LogP contribution in [-0.4, -0.2) is 64.8 Å². The Morgan fingerprint density at radius 1 is 1.30 bits per heavy atom. The summed E-state index contributed by atoms with van der Waals surface area (Å²) in [5, 5.41) is 3.07. The number of thioether (sulfide) groups is 1. The highest BCUT2D eigenvalue weighted by molar-refractivity contribution is 8.13. The summed E-state index contributed by atoms with van der Waals surface area (Å²) in [5.74, 6) is 0.917. The summed E-state index contributed by atoms with van der Waals surface area (Å²) in [6.07, 6.45) is 1.98. The molecule has 1 N–H and O–H groups in total. The number of carbonyl (C=O) groups excluding carboxylic acids is 3. The predicted molar refractivity (Wildman–Crippen MR) is 77.5 cm³/mol. The first kappa shape index (κ1) is 15.2. The zero-order valence-electron chi connectivity index (χ0n) is 11.8. The Morgan fingerprint density at radius 3 is 2.55 bits per heavy atom. The van der Waals surface area contributed by atoms with Crippen LogP contribution in [0.15, 0.2) is 0 Å². The molecule has 0 aromatic heterocycles.